The number of rotatable bonds is 5. The van der Waals surface area contributed by atoms with E-state index in [1.165, 1.54) is 27.9 Å². The minimum atomic E-state index is -0.228. The number of para-hydroxylation sites is 1. The average Bonchev–Trinajstić information content (AvgIpc) is 3.17. The van der Waals surface area contributed by atoms with E-state index in [0.717, 1.165) is 17.1 Å². The van der Waals surface area contributed by atoms with Gasteiger partial charge in [-0.1, -0.05) is 88.4 Å². The zero-order chi connectivity index (χ0) is 25.7. The first kappa shape index (κ1) is 23.9. The van der Waals surface area contributed by atoms with Crippen LogP contribution in [0, 0.1) is 6.04 Å². The normalized spacial score (nSPS) is 19.1. The number of ketones is 1. The number of hydrogen-bond donors (Lipinski definition) is 0. The molecule has 36 heavy (non-hydrogen) atoms. The molecule has 0 saturated heterocycles. The third kappa shape index (κ3) is 3.71. The lowest BCUT2D eigenvalue weighted by atomic mass is 9.80. The van der Waals surface area contributed by atoms with Crippen molar-refractivity contribution in [2.45, 2.75) is 45.4 Å². The standard InChI is InChI=1S/C33H34N2O/c1-23(36)22-35-28-21-20-24-14-10-11-15-25(24)31(28)33(4,5)30(35)19-9-7-8-18-29-32(2,3)26-16-12-13-17-27(26)34(29)6/h7-21H,6,22H2,1-5H3. The Bertz CT molecular complexity index is 1470. The van der Waals surface area contributed by atoms with Gasteiger partial charge in [-0.3, -0.25) is 9.37 Å². The molecule has 0 fully saturated rings. The highest BCUT2D eigenvalue weighted by Gasteiger charge is 2.43. The molecular formula is C33H34N2O. The summed E-state index contributed by atoms with van der Waals surface area (Å²) >= 11 is 0. The topological polar surface area (TPSA) is 23.3 Å². The Morgan fingerprint density at radius 3 is 2.44 bits per heavy atom. The molecule has 0 aliphatic carbocycles. The lowest BCUT2D eigenvalue weighted by Crippen LogP contribution is -2.29. The maximum Gasteiger partial charge on any atom is 0.149 e. The second-order valence-electron chi connectivity index (χ2n) is 10.8. The molecular weight excluding hydrogens is 440 g/mol. The minimum absolute atomic E-state index is 0.102. The first-order valence-electron chi connectivity index (χ1n) is 12.6. The van der Waals surface area contributed by atoms with Gasteiger partial charge in [-0.25, -0.2) is 0 Å². The summed E-state index contributed by atoms with van der Waals surface area (Å²) in [5.74, 6) is 0.150. The van der Waals surface area contributed by atoms with Gasteiger partial charge in [0.05, 0.1) is 13.3 Å². The predicted molar refractivity (Wildman–Crippen MR) is 151 cm³/mol. The van der Waals surface area contributed by atoms with E-state index >= 15 is 0 Å². The Kier molecular flexibility index (Phi) is 5.75. The number of hydrogen-bond acceptors (Lipinski definition) is 2. The second-order valence-corrected chi connectivity index (χ2v) is 10.8. The number of anilines is 1. The molecule has 3 nitrogen and oxygen atoms in total. The summed E-state index contributed by atoms with van der Waals surface area (Å²) in [7, 11) is 0. The summed E-state index contributed by atoms with van der Waals surface area (Å²) in [5, 5.41) is 2.47. The van der Waals surface area contributed by atoms with Crippen molar-refractivity contribution in [1.82, 2.24) is 0 Å². The molecule has 0 unspecified atom stereocenters. The van der Waals surface area contributed by atoms with Crippen LogP contribution in [0.5, 0.6) is 0 Å². The molecule has 2 aliphatic rings. The van der Waals surface area contributed by atoms with Crippen LogP contribution < -0.4 is 4.90 Å². The van der Waals surface area contributed by atoms with Crippen LogP contribution in [-0.4, -0.2) is 23.6 Å². The van der Waals surface area contributed by atoms with Gasteiger partial charge in [0.25, 0.3) is 0 Å². The molecule has 182 valence electrons. The summed E-state index contributed by atoms with van der Waals surface area (Å²) in [5.41, 5.74) is 5.66. The van der Waals surface area contributed by atoms with E-state index in [9.17, 15) is 4.79 Å². The van der Waals surface area contributed by atoms with Crippen molar-refractivity contribution in [1.29, 1.82) is 0 Å². The van der Waals surface area contributed by atoms with E-state index in [-0.39, 0.29) is 16.6 Å². The smallest absolute Gasteiger partial charge is 0.149 e. The summed E-state index contributed by atoms with van der Waals surface area (Å²) < 4.78 is 2.04. The van der Waals surface area contributed by atoms with Crippen LogP contribution in [0.25, 0.3) is 10.8 Å². The Morgan fingerprint density at radius 1 is 0.972 bits per heavy atom. The van der Waals surface area contributed by atoms with E-state index in [4.69, 9.17) is 0 Å². The van der Waals surface area contributed by atoms with E-state index in [1.54, 1.807) is 6.92 Å². The SMILES string of the molecule is C=[N+]1c2ccccc2C(C)(C)[C-]1C=CC=CC=C1N(CC(C)=O)c2ccc3ccccc3c2C1(C)C. The van der Waals surface area contributed by atoms with Gasteiger partial charge < -0.3 is 4.90 Å². The Labute approximate surface area is 214 Å². The van der Waals surface area contributed by atoms with Crippen molar-refractivity contribution in [3.05, 3.63) is 114 Å². The number of fused-ring (bicyclic) bond motifs is 4. The fourth-order valence-electron chi connectivity index (χ4n) is 5.93. The van der Waals surface area contributed by atoms with Gasteiger partial charge in [-0.15, -0.1) is 12.2 Å². The summed E-state index contributed by atoms with van der Waals surface area (Å²) in [6, 6.07) is 22.4. The van der Waals surface area contributed by atoms with E-state index in [1.807, 2.05) is 4.58 Å². The van der Waals surface area contributed by atoms with E-state index in [0.29, 0.717) is 6.54 Å². The summed E-state index contributed by atoms with van der Waals surface area (Å²) in [6.07, 6.45) is 10.5. The van der Waals surface area contributed by atoms with Crippen LogP contribution in [0.15, 0.2) is 96.7 Å². The molecule has 0 bridgehead atoms. The third-order valence-electron chi connectivity index (χ3n) is 7.66. The molecule has 0 aromatic heterocycles. The van der Waals surface area contributed by atoms with Crippen molar-refractivity contribution >= 4 is 34.6 Å². The Morgan fingerprint density at radius 2 is 1.69 bits per heavy atom. The van der Waals surface area contributed by atoms with Crippen LogP contribution in [0.1, 0.15) is 45.7 Å². The molecule has 0 spiro atoms. The summed E-state index contributed by atoms with van der Waals surface area (Å²) in [6.45, 7) is 15.3. The molecule has 3 heteroatoms. The number of Topliss-reactive ketones (excluding diaryl/α,β-unsaturated/α-hetero) is 1. The lowest BCUT2D eigenvalue weighted by molar-refractivity contribution is -0.405. The highest BCUT2D eigenvalue weighted by atomic mass is 16.1. The number of carbonyl (C=O) groups is 1. The monoisotopic (exact) mass is 474 g/mol. The molecule has 2 heterocycles. The van der Waals surface area contributed by atoms with E-state index < -0.39 is 0 Å². The predicted octanol–water partition coefficient (Wildman–Crippen LogP) is 7.39. The number of allylic oxidation sites excluding steroid dienone is 5. The minimum Gasteiger partial charge on any atom is -0.337 e. The maximum absolute atomic E-state index is 12.2. The molecule has 0 saturated carbocycles. The molecule has 0 atom stereocenters. The maximum atomic E-state index is 12.2. The molecule has 0 radical (unpaired) electrons. The number of nitrogens with zero attached hydrogens (tertiary/aromatic N) is 2. The first-order valence-corrected chi connectivity index (χ1v) is 12.6. The van der Waals surface area contributed by atoms with Gasteiger partial charge in [-0.2, -0.15) is 0 Å². The fraction of sp³-hybridized carbons (Fsp3) is 0.242. The van der Waals surface area contributed by atoms with Crippen LogP contribution in [0.3, 0.4) is 0 Å². The van der Waals surface area contributed by atoms with Crippen molar-refractivity contribution in [2.75, 3.05) is 11.4 Å². The Balaban J connectivity index is 1.46. The third-order valence-corrected chi connectivity index (χ3v) is 7.66. The van der Waals surface area contributed by atoms with Crippen molar-refractivity contribution in [2.24, 2.45) is 0 Å². The van der Waals surface area contributed by atoms with Gasteiger partial charge >= 0.3 is 0 Å². The lowest BCUT2D eigenvalue weighted by Gasteiger charge is -2.26. The summed E-state index contributed by atoms with van der Waals surface area (Å²) in [4.78, 5) is 14.4. The molecule has 2 aliphatic heterocycles. The van der Waals surface area contributed by atoms with Crippen LogP contribution in [0.4, 0.5) is 11.4 Å². The van der Waals surface area contributed by atoms with Crippen LogP contribution in [0.2, 0.25) is 0 Å². The van der Waals surface area contributed by atoms with Gasteiger partial charge in [0.15, 0.2) is 0 Å². The molecule has 3 aromatic carbocycles. The van der Waals surface area contributed by atoms with Gasteiger partial charge in [0.1, 0.15) is 17.5 Å². The van der Waals surface area contributed by atoms with Crippen molar-refractivity contribution < 1.29 is 9.37 Å². The zero-order valence-corrected chi connectivity index (χ0v) is 21.9. The highest BCUT2D eigenvalue weighted by molar-refractivity contribution is 5.96. The van der Waals surface area contributed by atoms with Gasteiger partial charge in [-0.05, 0) is 47.0 Å². The highest BCUT2D eigenvalue weighted by Crippen LogP contribution is 2.51. The fourth-order valence-corrected chi connectivity index (χ4v) is 5.93. The van der Waals surface area contributed by atoms with Crippen molar-refractivity contribution in [3.8, 4) is 0 Å². The molecule has 0 amide bonds. The molecule has 5 rings (SSSR count). The van der Waals surface area contributed by atoms with Crippen LogP contribution in [-0.2, 0) is 15.6 Å². The largest absolute Gasteiger partial charge is 0.337 e. The number of benzene rings is 3. The molecule has 0 N–H and O–H groups in total. The second kappa shape index (κ2) is 8.67. The van der Waals surface area contributed by atoms with E-state index in [2.05, 4.69) is 130 Å². The quantitative estimate of drug-likeness (QED) is 0.219. The zero-order valence-electron chi connectivity index (χ0n) is 21.9. The molecule has 3 aromatic rings. The first-order chi connectivity index (χ1) is 17.1. The van der Waals surface area contributed by atoms with Crippen LogP contribution >= 0.6 is 0 Å². The number of carbonyl (C=O) groups excluding carboxylic acids is 1. The van der Waals surface area contributed by atoms with Crippen molar-refractivity contribution in [3.63, 3.8) is 0 Å². The average molecular weight is 475 g/mol. The Hall–Kier alpha value is -3.85. The van der Waals surface area contributed by atoms with Gasteiger partial charge in [0, 0.05) is 22.2 Å². The van der Waals surface area contributed by atoms with Gasteiger partial charge in [0.2, 0.25) is 0 Å².